The van der Waals surface area contributed by atoms with E-state index in [1.807, 2.05) is 44.2 Å². The lowest BCUT2D eigenvalue weighted by atomic mass is 9.95. The second kappa shape index (κ2) is 10.2. The van der Waals surface area contributed by atoms with Crippen LogP contribution in [0.3, 0.4) is 0 Å². The molecule has 3 N–H and O–H groups in total. The van der Waals surface area contributed by atoms with Gasteiger partial charge in [0.25, 0.3) is 10.0 Å². The average Bonchev–Trinajstić information content (AvgIpc) is 2.80. The molecule has 0 atom stereocenters. The fourth-order valence-electron chi connectivity index (χ4n) is 4.05. The molecule has 1 saturated carbocycles. The summed E-state index contributed by atoms with van der Waals surface area (Å²) in [6, 6.07) is 16.4. The molecule has 0 radical (unpaired) electrons. The molecular weight excluding hydrogens is 434 g/mol. The smallest absolute Gasteiger partial charge is 0.261 e. The zero-order valence-corrected chi connectivity index (χ0v) is 20.0. The molecule has 1 aromatic heterocycles. The molecule has 7 nitrogen and oxygen atoms in total. The van der Waals surface area contributed by atoms with E-state index in [1.165, 1.54) is 32.1 Å². The molecule has 0 saturated heterocycles. The van der Waals surface area contributed by atoms with Crippen molar-refractivity contribution in [3.63, 3.8) is 0 Å². The number of aryl methyl sites for hydroxylation is 2. The normalized spacial score (nSPS) is 14.6. The van der Waals surface area contributed by atoms with E-state index in [2.05, 4.69) is 25.3 Å². The Bertz CT molecular complexity index is 1170. The summed E-state index contributed by atoms with van der Waals surface area (Å²) < 4.78 is 28.0. The first kappa shape index (κ1) is 23.0. The van der Waals surface area contributed by atoms with Gasteiger partial charge in [0.2, 0.25) is 0 Å². The van der Waals surface area contributed by atoms with Gasteiger partial charge in [-0.05, 0) is 68.1 Å². The maximum Gasteiger partial charge on any atom is 0.261 e. The molecule has 1 heterocycles. The Morgan fingerprint density at radius 1 is 0.879 bits per heavy atom. The number of hydrogen-bond acceptors (Lipinski definition) is 6. The zero-order chi connectivity index (χ0) is 23.3. The van der Waals surface area contributed by atoms with Crippen LogP contribution >= 0.6 is 0 Å². The molecule has 2 aromatic carbocycles. The van der Waals surface area contributed by atoms with Crippen molar-refractivity contribution in [1.29, 1.82) is 0 Å². The number of nitrogens with one attached hydrogen (secondary N) is 3. The lowest BCUT2D eigenvalue weighted by Crippen LogP contribution is -2.23. The van der Waals surface area contributed by atoms with Crippen molar-refractivity contribution < 1.29 is 8.42 Å². The maximum atomic E-state index is 12.7. The van der Waals surface area contributed by atoms with Gasteiger partial charge in [0.1, 0.15) is 17.5 Å². The minimum Gasteiger partial charge on any atom is -0.367 e. The summed E-state index contributed by atoms with van der Waals surface area (Å²) in [5.74, 6) is 2.22. The second-order valence-corrected chi connectivity index (χ2v) is 10.2. The fourth-order valence-corrected chi connectivity index (χ4v) is 5.11. The van der Waals surface area contributed by atoms with Gasteiger partial charge in [-0.1, -0.05) is 38.3 Å². The van der Waals surface area contributed by atoms with Crippen molar-refractivity contribution in [1.82, 2.24) is 9.97 Å². The van der Waals surface area contributed by atoms with Crippen LogP contribution in [0.15, 0.2) is 59.5 Å². The Balaban J connectivity index is 1.42. The summed E-state index contributed by atoms with van der Waals surface area (Å²) in [5, 5.41) is 6.83. The van der Waals surface area contributed by atoms with Crippen molar-refractivity contribution >= 4 is 33.0 Å². The van der Waals surface area contributed by atoms with E-state index in [1.54, 1.807) is 24.3 Å². The quantitative estimate of drug-likeness (QED) is 0.399. The van der Waals surface area contributed by atoms with Crippen LogP contribution in [-0.2, 0) is 16.4 Å². The fraction of sp³-hybridized carbons (Fsp3) is 0.360. The van der Waals surface area contributed by atoms with E-state index in [-0.39, 0.29) is 4.90 Å². The number of aromatic nitrogens is 2. The first-order valence-electron chi connectivity index (χ1n) is 11.5. The van der Waals surface area contributed by atoms with Crippen LogP contribution in [0.4, 0.5) is 23.0 Å². The number of anilines is 4. The van der Waals surface area contributed by atoms with Gasteiger partial charge in [0.05, 0.1) is 4.90 Å². The van der Waals surface area contributed by atoms with Crippen LogP contribution in [0.2, 0.25) is 0 Å². The van der Waals surface area contributed by atoms with Gasteiger partial charge < -0.3 is 10.6 Å². The summed E-state index contributed by atoms with van der Waals surface area (Å²) in [7, 11) is -3.63. The molecule has 8 heteroatoms. The lowest BCUT2D eigenvalue weighted by Gasteiger charge is -2.23. The van der Waals surface area contributed by atoms with Gasteiger partial charge in [-0.15, -0.1) is 0 Å². The van der Waals surface area contributed by atoms with E-state index in [0.29, 0.717) is 23.4 Å². The van der Waals surface area contributed by atoms with E-state index in [4.69, 9.17) is 0 Å². The highest BCUT2D eigenvalue weighted by Gasteiger charge is 2.15. The monoisotopic (exact) mass is 465 g/mol. The van der Waals surface area contributed by atoms with E-state index < -0.39 is 10.0 Å². The third-order valence-electron chi connectivity index (χ3n) is 5.85. The molecule has 4 rings (SSSR count). The van der Waals surface area contributed by atoms with Crippen LogP contribution in [-0.4, -0.2) is 24.4 Å². The second-order valence-electron chi connectivity index (χ2n) is 8.47. The van der Waals surface area contributed by atoms with Crippen molar-refractivity contribution in [2.75, 3.05) is 15.4 Å². The lowest BCUT2D eigenvalue weighted by molar-refractivity contribution is 0.462. The van der Waals surface area contributed by atoms with Crippen molar-refractivity contribution in [2.45, 2.75) is 63.3 Å². The SMILES string of the molecule is CCc1ccc(S(=O)(=O)Nc2ccc(Nc3cc(NC4CCCCC4)nc(C)n3)cc2)cc1. The van der Waals surface area contributed by atoms with Gasteiger partial charge in [-0.25, -0.2) is 18.4 Å². The molecule has 174 valence electrons. The van der Waals surface area contributed by atoms with Crippen LogP contribution in [0.1, 0.15) is 50.4 Å². The minimum atomic E-state index is -3.63. The largest absolute Gasteiger partial charge is 0.367 e. The number of sulfonamides is 1. The molecule has 1 aliphatic rings. The van der Waals surface area contributed by atoms with E-state index in [0.717, 1.165) is 23.5 Å². The molecular formula is C25H31N5O2S. The maximum absolute atomic E-state index is 12.7. The van der Waals surface area contributed by atoms with Crippen LogP contribution in [0.5, 0.6) is 0 Å². The van der Waals surface area contributed by atoms with E-state index >= 15 is 0 Å². The van der Waals surface area contributed by atoms with Gasteiger partial charge in [0, 0.05) is 23.5 Å². The van der Waals surface area contributed by atoms with E-state index in [9.17, 15) is 8.42 Å². The van der Waals surface area contributed by atoms with Crippen molar-refractivity contribution in [3.05, 3.63) is 66.0 Å². The van der Waals surface area contributed by atoms with Crippen molar-refractivity contribution in [3.8, 4) is 0 Å². The summed E-state index contributed by atoms with van der Waals surface area (Å²) in [6.07, 6.45) is 7.04. The molecule has 1 aliphatic carbocycles. The highest BCUT2D eigenvalue weighted by molar-refractivity contribution is 7.92. The summed E-state index contributed by atoms with van der Waals surface area (Å²) in [5.41, 5.74) is 2.41. The third-order valence-corrected chi connectivity index (χ3v) is 7.24. The standard InChI is InChI=1S/C25H31N5O2S/c1-3-19-9-15-23(16-10-19)33(31,32)30-22-13-11-21(12-14-22)29-25-17-24(26-18(2)27-25)28-20-7-5-4-6-8-20/h9-17,20,30H,3-8H2,1-2H3,(H2,26,27,28,29). The third kappa shape index (κ3) is 6.22. The molecule has 0 bridgehead atoms. The predicted molar refractivity (Wildman–Crippen MR) is 134 cm³/mol. The topological polar surface area (TPSA) is 96.0 Å². The Morgan fingerprint density at radius 3 is 2.18 bits per heavy atom. The molecule has 33 heavy (non-hydrogen) atoms. The Kier molecular flexibility index (Phi) is 7.13. The first-order chi connectivity index (χ1) is 15.9. The summed E-state index contributed by atoms with van der Waals surface area (Å²) in [6.45, 7) is 3.91. The Morgan fingerprint density at radius 2 is 1.52 bits per heavy atom. The number of benzene rings is 2. The minimum absolute atomic E-state index is 0.247. The molecule has 0 unspecified atom stereocenters. The molecule has 0 amide bonds. The predicted octanol–water partition coefficient (Wildman–Crippen LogP) is 5.64. The van der Waals surface area contributed by atoms with Crippen LogP contribution in [0.25, 0.3) is 0 Å². The van der Waals surface area contributed by atoms with Gasteiger partial charge in [0.15, 0.2) is 0 Å². The molecule has 1 fully saturated rings. The number of rotatable bonds is 8. The Labute approximate surface area is 196 Å². The summed E-state index contributed by atoms with van der Waals surface area (Å²) in [4.78, 5) is 9.26. The summed E-state index contributed by atoms with van der Waals surface area (Å²) >= 11 is 0. The van der Waals surface area contributed by atoms with Gasteiger partial charge in [-0.2, -0.15) is 0 Å². The first-order valence-corrected chi connectivity index (χ1v) is 13.0. The molecule has 0 aliphatic heterocycles. The average molecular weight is 466 g/mol. The van der Waals surface area contributed by atoms with Crippen LogP contribution < -0.4 is 15.4 Å². The molecule has 3 aromatic rings. The number of hydrogen-bond donors (Lipinski definition) is 3. The van der Waals surface area contributed by atoms with Crippen LogP contribution in [0, 0.1) is 6.92 Å². The number of nitrogens with zero attached hydrogens (tertiary/aromatic N) is 2. The van der Waals surface area contributed by atoms with Gasteiger partial charge >= 0.3 is 0 Å². The van der Waals surface area contributed by atoms with Crippen molar-refractivity contribution in [2.24, 2.45) is 0 Å². The zero-order valence-electron chi connectivity index (χ0n) is 19.1. The highest BCUT2D eigenvalue weighted by Crippen LogP contribution is 2.24. The highest BCUT2D eigenvalue weighted by atomic mass is 32.2. The molecule has 0 spiro atoms. The van der Waals surface area contributed by atoms with Gasteiger partial charge in [-0.3, -0.25) is 4.72 Å². The Hall–Kier alpha value is -3.13.